The van der Waals surface area contributed by atoms with Crippen molar-refractivity contribution in [3.05, 3.63) is 30.3 Å². The number of nitrogens with one attached hydrogen (secondary N) is 1. The third kappa shape index (κ3) is 8.20. The molecule has 0 aliphatic rings. The quantitative estimate of drug-likeness (QED) is 0.711. The van der Waals surface area contributed by atoms with Crippen molar-refractivity contribution < 1.29 is 28.5 Å². The molecule has 0 unspecified atom stereocenters. The zero-order chi connectivity index (χ0) is 19.7. The molecule has 0 fully saturated rings. The van der Waals surface area contributed by atoms with Crippen molar-refractivity contribution in [2.45, 2.75) is 58.5 Å². The van der Waals surface area contributed by atoms with Crippen molar-refractivity contribution in [2.75, 3.05) is 13.7 Å². The number of carbonyl (C=O) groups is 2. The van der Waals surface area contributed by atoms with E-state index in [4.69, 9.17) is 18.9 Å². The topological polar surface area (TPSA) is 83.1 Å². The minimum Gasteiger partial charge on any atom is -0.487 e. The lowest BCUT2D eigenvalue weighted by molar-refractivity contribution is -0.159. The highest BCUT2D eigenvalue weighted by Gasteiger charge is 2.28. The highest BCUT2D eigenvalue weighted by Crippen LogP contribution is 2.15. The molecule has 0 saturated carbocycles. The normalized spacial score (nSPS) is 14.7. The van der Waals surface area contributed by atoms with E-state index < -0.39 is 35.9 Å². The molecule has 0 heterocycles. The lowest BCUT2D eigenvalue weighted by atomic mass is 10.2. The maximum Gasteiger partial charge on any atom is 0.408 e. The highest BCUT2D eigenvalue weighted by molar-refractivity contribution is 5.81. The van der Waals surface area contributed by atoms with E-state index in [9.17, 15) is 9.59 Å². The average Bonchev–Trinajstić information content (AvgIpc) is 2.53. The third-order valence-corrected chi connectivity index (χ3v) is 3.27. The maximum absolute atomic E-state index is 12.3. The van der Waals surface area contributed by atoms with Crippen LogP contribution in [-0.4, -0.2) is 49.6 Å². The molecule has 3 atom stereocenters. The fourth-order valence-electron chi connectivity index (χ4n) is 2.01. The van der Waals surface area contributed by atoms with E-state index in [0.29, 0.717) is 5.75 Å². The summed E-state index contributed by atoms with van der Waals surface area (Å²) in [6.45, 7) is 8.71. The maximum atomic E-state index is 12.3. The molecule has 1 amide bonds. The van der Waals surface area contributed by atoms with Gasteiger partial charge in [-0.15, -0.1) is 0 Å². The second kappa shape index (κ2) is 10.0. The molecule has 0 radical (unpaired) electrons. The van der Waals surface area contributed by atoms with Crippen LogP contribution in [0.3, 0.4) is 0 Å². The van der Waals surface area contributed by atoms with Gasteiger partial charge < -0.3 is 24.3 Å². The van der Waals surface area contributed by atoms with E-state index in [1.165, 1.54) is 14.0 Å². The molecule has 0 bridgehead atoms. The van der Waals surface area contributed by atoms with Crippen LogP contribution >= 0.6 is 0 Å². The SMILES string of the molecule is COC[C@@H](OC(=O)[C@H](C)NC(=O)OC(C)(C)C)[C@H](C)Oc1ccccc1. The Balaban J connectivity index is 2.61. The lowest BCUT2D eigenvalue weighted by Gasteiger charge is -2.26. The number of ether oxygens (including phenoxy) is 4. The summed E-state index contributed by atoms with van der Waals surface area (Å²) >= 11 is 0. The van der Waals surface area contributed by atoms with Gasteiger partial charge in [-0.3, -0.25) is 0 Å². The molecule has 1 aromatic carbocycles. The molecule has 0 aliphatic heterocycles. The Morgan fingerprint density at radius 1 is 1.12 bits per heavy atom. The van der Waals surface area contributed by atoms with Crippen LogP contribution in [0.25, 0.3) is 0 Å². The number of hydrogen-bond acceptors (Lipinski definition) is 6. The number of carbonyl (C=O) groups excluding carboxylic acids is 2. The van der Waals surface area contributed by atoms with Crippen LogP contribution in [0.5, 0.6) is 5.75 Å². The molecule has 146 valence electrons. The van der Waals surface area contributed by atoms with Gasteiger partial charge in [0.25, 0.3) is 0 Å². The van der Waals surface area contributed by atoms with Gasteiger partial charge >= 0.3 is 12.1 Å². The Morgan fingerprint density at radius 2 is 1.73 bits per heavy atom. The van der Waals surface area contributed by atoms with Gasteiger partial charge in [0.1, 0.15) is 23.5 Å². The molecule has 1 rings (SSSR count). The number of benzene rings is 1. The monoisotopic (exact) mass is 367 g/mol. The number of para-hydroxylation sites is 1. The van der Waals surface area contributed by atoms with Gasteiger partial charge in [-0.2, -0.15) is 0 Å². The minimum atomic E-state index is -0.867. The number of methoxy groups -OCH3 is 1. The number of amides is 1. The van der Waals surface area contributed by atoms with E-state index >= 15 is 0 Å². The third-order valence-electron chi connectivity index (χ3n) is 3.27. The highest BCUT2D eigenvalue weighted by atomic mass is 16.6. The zero-order valence-corrected chi connectivity index (χ0v) is 16.3. The van der Waals surface area contributed by atoms with Gasteiger partial charge in [-0.25, -0.2) is 9.59 Å². The van der Waals surface area contributed by atoms with Crippen LogP contribution in [0.1, 0.15) is 34.6 Å². The first-order valence-electron chi connectivity index (χ1n) is 8.53. The predicted molar refractivity (Wildman–Crippen MR) is 97.1 cm³/mol. The summed E-state index contributed by atoms with van der Waals surface area (Å²) in [7, 11) is 1.51. The molecule has 7 nitrogen and oxygen atoms in total. The second-order valence-corrected chi connectivity index (χ2v) is 6.93. The van der Waals surface area contributed by atoms with Crippen molar-refractivity contribution in [2.24, 2.45) is 0 Å². The van der Waals surface area contributed by atoms with E-state index in [1.807, 2.05) is 30.3 Å². The Labute approximate surface area is 155 Å². The molecule has 0 spiro atoms. The number of rotatable bonds is 8. The molecular formula is C19H29NO6. The molecule has 0 aliphatic carbocycles. The molecule has 1 aromatic rings. The van der Waals surface area contributed by atoms with E-state index in [-0.39, 0.29) is 6.61 Å². The summed E-state index contributed by atoms with van der Waals surface area (Å²) in [5.41, 5.74) is -0.648. The largest absolute Gasteiger partial charge is 0.487 e. The van der Waals surface area contributed by atoms with E-state index in [2.05, 4.69) is 5.32 Å². The van der Waals surface area contributed by atoms with Crippen molar-refractivity contribution in [3.63, 3.8) is 0 Å². The first-order valence-corrected chi connectivity index (χ1v) is 8.53. The predicted octanol–water partition coefficient (Wildman–Crippen LogP) is 2.93. The fraction of sp³-hybridized carbons (Fsp3) is 0.579. The smallest absolute Gasteiger partial charge is 0.408 e. The van der Waals surface area contributed by atoms with Crippen molar-refractivity contribution in [1.82, 2.24) is 5.32 Å². The molecule has 7 heteroatoms. The van der Waals surface area contributed by atoms with Crippen molar-refractivity contribution in [3.8, 4) is 5.75 Å². The van der Waals surface area contributed by atoms with Gasteiger partial charge in [-0.05, 0) is 46.8 Å². The summed E-state index contributed by atoms with van der Waals surface area (Å²) in [5.74, 6) is 0.0681. The van der Waals surface area contributed by atoms with Gasteiger partial charge in [0.15, 0.2) is 6.10 Å². The minimum absolute atomic E-state index is 0.166. The summed E-state index contributed by atoms with van der Waals surface area (Å²) in [4.78, 5) is 24.1. The van der Waals surface area contributed by atoms with Crippen LogP contribution < -0.4 is 10.1 Å². The Kier molecular flexibility index (Phi) is 8.38. The van der Waals surface area contributed by atoms with Gasteiger partial charge in [-0.1, -0.05) is 18.2 Å². The molecular weight excluding hydrogens is 338 g/mol. The molecule has 0 saturated heterocycles. The average molecular weight is 367 g/mol. The first-order chi connectivity index (χ1) is 12.1. The van der Waals surface area contributed by atoms with Crippen LogP contribution in [0.15, 0.2) is 30.3 Å². The molecule has 26 heavy (non-hydrogen) atoms. The fourth-order valence-corrected chi connectivity index (χ4v) is 2.01. The Hall–Kier alpha value is -2.28. The lowest BCUT2D eigenvalue weighted by Crippen LogP contribution is -2.46. The van der Waals surface area contributed by atoms with E-state index in [0.717, 1.165) is 0 Å². The number of hydrogen-bond donors (Lipinski definition) is 1. The Bertz CT molecular complexity index is 569. The standard InChI is InChI=1S/C19H29NO6/c1-13(20-18(22)26-19(3,4)5)17(21)25-16(12-23-6)14(2)24-15-10-8-7-9-11-15/h7-11,13-14,16H,12H2,1-6H3,(H,20,22)/t13-,14-,16+/m0/s1. The van der Waals surface area contributed by atoms with Crippen molar-refractivity contribution in [1.29, 1.82) is 0 Å². The van der Waals surface area contributed by atoms with Crippen molar-refractivity contribution >= 4 is 12.1 Å². The number of esters is 1. The number of alkyl carbamates (subject to hydrolysis) is 1. The van der Waals surface area contributed by atoms with Crippen LogP contribution in [0, 0.1) is 0 Å². The molecule has 1 N–H and O–H groups in total. The van der Waals surface area contributed by atoms with Gasteiger partial charge in [0.05, 0.1) is 6.61 Å². The first kappa shape index (κ1) is 21.8. The van der Waals surface area contributed by atoms with Gasteiger partial charge in [0, 0.05) is 7.11 Å². The summed E-state index contributed by atoms with van der Waals surface area (Å²) in [5, 5.41) is 2.45. The summed E-state index contributed by atoms with van der Waals surface area (Å²) in [6, 6.07) is 8.35. The van der Waals surface area contributed by atoms with Crippen LogP contribution in [-0.2, 0) is 19.0 Å². The Morgan fingerprint density at radius 3 is 2.27 bits per heavy atom. The van der Waals surface area contributed by atoms with Gasteiger partial charge in [0.2, 0.25) is 0 Å². The van der Waals surface area contributed by atoms with Crippen LogP contribution in [0.2, 0.25) is 0 Å². The zero-order valence-electron chi connectivity index (χ0n) is 16.3. The van der Waals surface area contributed by atoms with Crippen LogP contribution in [0.4, 0.5) is 4.79 Å². The second-order valence-electron chi connectivity index (χ2n) is 6.93. The summed E-state index contributed by atoms with van der Waals surface area (Å²) < 4.78 is 21.5. The molecule has 0 aromatic heterocycles. The van der Waals surface area contributed by atoms with E-state index in [1.54, 1.807) is 27.7 Å². The summed E-state index contributed by atoms with van der Waals surface area (Å²) in [6.07, 6.45) is -1.75.